The van der Waals surface area contributed by atoms with Crippen LogP contribution in [0.3, 0.4) is 0 Å². The van der Waals surface area contributed by atoms with Crippen molar-refractivity contribution in [3.05, 3.63) is 11.6 Å². The largest absolute Gasteiger partial charge is 0.0845 e. The molecule has 216 valence electrons. The van der Waals surface area contributed by atoms with Crippen LogP contribution in [0.5, 0.6) is 0 Å². The molecule has 0 aliphatic heterocycles. The predicted molar refractivity (Wildman–Crippen MR) is 166 cm³/mol. The fourth-order valence-corrected chi connectivity index (χ4v) is 10.2. The molecule has 0 saturated heterocycles. The van der Waals surface area contributed by atoms with Gasteiger partial charge in [0.2, 0.25) is 0 Å². The Kier molecular flexibility index (Phi) is 12.6. The summed E-state index contributed by atoms with van der Waals surface area (Å²) >= 11 is 0. The maximum absolute atomic E-state index is 2.77. The standard InChI is InChI=1S/C35H62.C2H6/c1-6-7-8-9-10-11-12-13-14-15-16-17-28(3)31-20-21-32-30-19-18-29-26-27(2)22-24-34(29,4)33(30)23-25-35(31,32)5;1-2/h18,27-28,30-33H,6-17,19-26H2,1-5H3;1-2H3/t27-,28+,30?,31+,32-,33-,34-,35+;/m0./s1. The molecule has 0 amide bonds. The molecular weight excluding hydrogens is 444 g/mol. The van der Waals surface area contributed by atoms with Gasteiger partial charge < -0.3 is 0 Å². The summed E-state index contributed by atoms with van der Waals surface area (Å²) in [4.78, 5) is 0. The first-order valence-corrected chi connectivity index (χ1v) is 17.6. The normalized spacial score (nSPS) is 37.5. The maximum Gasteiger partial charge on any atom is -0.00851 e. The lowest BCUT2D eigenvalue weighted by molar-refractivity contribution is -0.0522. The number of hydrogen-bond acceptors (Lipinski definition) is 0. The molecule has 8 atom stereocenters. The van der Waals surface area contributed by atoms with E-state index >= 15 is 0 Å². The van der Waals surface area contributed by atoms with E-state index in [4.69, 9.17) is 0 Å². The molecule has 37 heavy (non-hydrogen) atoms. The first kappa shape index (κ1) is 31.3. The molecule has 0 aromatic rings. The highest BCUT2D eigenvalue weighted by Gasteiger charge is 2.58. The second kappa shape index (κ2) is 14.9. The van der Waals surface area contributed by atoms with Gasteiger partial charge >= 0.3 is 0 Å². The van der Waals surface area contributed by atoms with Gasteiger partial charge in [-0.05, 0) is 97.7 Å². The SMILES string of the molecule is CC.CCCCCCCCCCCCC[C@@H](C)[C@H]1CC[C@H]2C3CC=C4C[C@@H](C)CC[C@]4(C)[C@H]3CC[C@]12C. The van der Waals surface area contributed by atoms with Crippen LogP contribution < -0.4 is 0 Å². The predicted octanol–water partition coefficient (Wildman–Crippen LogP) is 12.6. The van der Waals surface area contributed by atoms with E-state index < -0.39 is 0 Å². The van der Waals surface area contributed by atoms with Crippen LogP contribution in [0.2, 0.25) is 0 Å². The summed E-state index contributed by atoms with van der Waals surface area (Å²) in [5.41, 5.74) is 3.07. The number of hydrogen-bond donors (Lipinski definition) is 0. The summed E-state index contributed by atoms with van der Waals surface area (Å²) in [6.45, 7) is 16.9. The van der Waals surface area contributed by atoms with Gasteiger partial charge in [0.15, 0.2) is 0 Å². The Hall–Kier alpha value is -0.260. The van der Waals surface area contributed by atoms with Crippen LogP contribution in [0, 0.1) is 46.3 Å². The molecular formula is C37H68. The van der Waals surface area contributed by atoms with Crippen molar-refractivity contribution in [3.8, 4) is 0 Å². The highest BCUT2D eigenvalue weighted by Crippen LogP contribution is 2.67. The lowest BCUT2D eigenvalue weighted by Gasteiger charge is -2.58. The first-order chi connectivity index (χ1) is 17.9. The van der Waals surface area contributed by atoms with E-state index in [-0.39, 0.29) is 0 Å². The van der Waals surface area contributed by atoms with E-state index in [1.807, 2.05) is 19.4 Å². The van der Waals surface area contributed by atoms with Crippen molar-refractivity contribution in [3.63, 3.8) is 0 Å². The topological polar surface area (TPSA) is 0 Å². The van der Waals surface area contributed by atoms with Crippen molar-refractivity contribution < 1.29 is 0 Å². The van der Waals surface area contributed by atoms with Crippen LogP contribution >= 0.6 is 0 Å². The number of allylic oxidation sites excluding steroid dienone is 2. The Labute approximate surface area is 234 Å². The zero-order chi connectivity index (χ0) is 26.9. The molecule has 0 N–H and O–H groups in total. The Bertz CT molecular complexity index is 674. The summed E-state index contributed by atoms with van der Waals surface area (Å²) in [6, 6.07) is 0. The minimum absolute atomic E-state index is 0.552. The molecule has 0 heterocycles. The first-order valence-electron chi connectivity index (χ1n) is 17.6. The van der Waals surface area contributed by atoms with Gasteiger partial charge in [-0.15, -0.1) is 0 Å². The van der Waals surface area contributed by atoms with Crippen molar-refractivity contribution in [1.29, 1.82) is 0 Å². The zero-order valence-electron chi connectivity index (χ0n) is 26.7. The van der Waals surface area contributed by atoms with Gasteiger partial charge in [-0.2, -0.15) is 0 Å². The molecule has 3 fully saturated rings. The third kappa shape index (κ3) is 7.28. The van der Waals surface area contributed by atoms with Gasteiger partial charge in [0.25, 0.3) is 0 Å². The molecule has 4 aliphatic carbocycles. The zero-order valence-corrected chi connectivity index (χ0v) is 26.7. The third-order valence-corrected chi connectivity index (χ3v) is 12.4. The van der Waals surface area contributed by atoms with Crippen LogP contribution in [0.25, 0.3) is 0 Å². The summed E-state index contributed by atoms with van der Waals surface area (Å²) in [5, 5.41) is 0. The highest BCUT2D eigenvalue weighted by molar-refractivity contribution is 5.25. The van der Waals surface area contributed by atoms with Crippen molar-refractivity contribution in [2.45, 2.75) is 177 Å². The molecule has 0 aromatic heterocycles. The molecule has 0 nitrogen and oxygen atoms in total. The van der Waals surface area contributed by atoms with Crippen molar-refractivity contribution in [2.75, 3.05) is 0 Å². The number of rotatable bonds is 13. The smallest absolute Gasteiger partial charge is 0.00851 e. The van der Waals surface area contributed by atoms with Crippen molar-refractivity contribution >= 4 is 0 Å². The summed E-state index contributed by atoms with van der Waals surface area (Å²) in [6.07, 6.45) is 32.3. The van der Waals surface area contributed by atoms with Gasteiger partial charge in [0.1, 0.15) is 0 Å². The van der Waals surface area contributed by atoms with Gasteiger partial charge in [-0.3, -0.25) is 0 Å². The van der Waals surface area contributed by atoms with Gasteiger partial charge in [0, 0.05) is 0 Å². The van der Waals surface area contributed by atoms with E-state index in [0.717, 1.165) is 35.5 Å². The lowest BCUT2D eigenvalue weighted by atomic mass is 9.46. The summed E-state index contributed by atoms with van der Waals surface area (Å²) in [5.74, 6) is 5.87. The van der Waals surface area contributed by atoms with E-state index in [2.05, 4.69) is 40.7 Å². The minimum atomic E-state index is 0.552. The Morgan fingerprint density at radius 2 is 1.41 bits per heavy atom. The quantitative estimate of drug-likeness (QED) is 0.170. The molecule has 0 aromatic carbocycles. The second-order valence-corrected chi connectivity index (χ2v) is 14.6. The second-order valence-electron chi connectivity index (χ2n) is 14.6. The Balaban J connectivity index is 0.00000186. The van der Waals surface area contributed by atoms with Crippen LogP contribution in [0.15, 0.2) is 11.6 Å². The molecule has 0 spiro atoms. The molecule has 0 heteroatoms. The van der Waals surface area contributed by atoms with Crippen LogP contribution in [-0.2, 0) is 0 Å². The molecule has 3 saturated carbocycles. The molecule has 4 aliphatic rings. The highest BCUT2D eigenvalue weighted by atomic mass is 14.6. The van der Waals surface area contributed by atoms with Gasteiger partial charge in [0.05, 0.1) is 0 Å². The lowest BCUT2D eigenvalue weighted by Crippen LogP contribution is -2.50. The maximum atomic E-state index is 2.77. The third-order valence-electron chi connectivity index (χ3n) is 12.4. The fraction of sp³-hybridized carbons (Fsp3) is 0.946. The fourth-order valence-electron chi connectivity index (χ4n) is 10.2. The molecule has 0 radical (unpaired) electrons. The number of unbranched alkanes of at least 4 members (excludes halogenated alkanes) is 10. The van der Waals surface area contributed by atoms with Gasteiger partial charge in [-0.25, -0.2) is 0 Å². The monoisotopic (exact) mass is 513 g/mol. The Morgan fingerprint density at radius 3 is 2.05 bits per heavy atom. The minimum Gasteiger partial charge on any atom is -0.0845 e. The van der Waals surface area contributed by atoms with E-state index in [1.165, 1.54) is 122 Å². The number of fused-ring (bicyclic) bond motifs is 5. The summed E-state index contributed by atoms with van der Waals surface area (Å²) in [7, 11) is 0. The average Bonchev–Trinajstić information content (AvgIpc) is 3.26. The molecule has 1 unspecified atom stereocenters. The van der Waals surface area contributed by atoms with Crippen LogP contribution in [0.4, 0.5) is 0 Å². The molecule has 0 bridgehead atoms. The summed E-state index contributed by atoms with van der Waals surface area (Å²) < 4.78 is 0. The van der Waals surface area contributed by atoms with E-state index in [9.17, 15) is 0 Å². The van der Waals surface area contributed by atoms with Crippen LogP contribution in [-0.4, -0.2) is 0 Å². The van der Waals surface area contributed by atoms with E-state index in [0.29, 0.717) is 10.8 Å². The van der Waals surface area contributed by atoms with Crippen LogP contribution in [0.1, 0.15) is 177 Å². The van der Waals surface area contributed by atoms with Crippen molar-refractivity contribution in [2.24, 2.45) is 46.3 Å². The average molecular weight is 513 g/mol. The van der Waals surface area contributed by atoms with Gasteiger partial charge in [-0.1, -0.05) is 137 Å². The molecule has 4 rings (SSSR count). The van der Waals surface area contributed by atoms with E-state index in [1.54, 1.807) is 6.42 Å². The van der Waals surface area contributed by atoms with Crippen molar-refractivity contribution in [1.82, 2.24) is 0 Å². The Morgan fingerprint density at radius 1 is 0.784 bits per heavy atom.